The van der Waals surface area contributed by atoms with Gasteiger partial charge in [0.1, 0.15) is 18.2 Å². The molecule has 32 heavy (non-hydrogen) atoms. The van der Waals surface area contributed by atoms with Crippen molar-refractivity contribution in [3.8, 4) is 5.75 Å². The van der Waals surface area contributed by atoms with Gasteiger partial charge in [0.05, 0.1) is 24.7 Å². The predicted octanol–water partition coefficient (Wildman–Crippen LogP) is 5.21. The number of nitrogens with zero attached hydrogens (tertiary/aromatic N) is 2. The molecule has 0 unspecified atom stereocenters. The molecule has 3 rings (SSSR count). The minimum Gasteiger partial charge on any atom is -0.487 e. The van der Waals surface area contributed by atoms with E-state index < -0.39 is 10.8 Å². The summed E-state index contributed by atoms with van der Waals surface area (Å²) in [4.78, 5) is 22.6. The summed E-state index contributed by atoms with van der Waals surface area (Å²) in [7, 11) is 0. The molecule has 1 amide bonds. The molecule has 0 atom stereocenters. The standard InChI is InChI=1S/C22H16FI2N3O4/c23-17-7-3-1-6-16(17)13-32-22-18(24)9-14(10-19(22)25)12-26-27-21(29)11-15-5-2-4-8-20(15)28(30)31/h1-10,12H,11,13H2,(H,27,29)/b26-12+. The molecule has 3 aromatic carbocycles. The molecule has 0 heterocycles. The summed E-state index contributed by atoms with van der Waals surface area (Å²) in [5, 5.41) is 15.0. The quantitative estimate of drug-likeness (QED) is 0.156. The van der Waals surface area contributed by atoms with E-state index in [4.69, 9.17) is 4.74 Å². The zero-order valence-electron chi connectivity index (χ0n) is 16.4. The number of nitrogens with one attached hydrogen (secondary N) is 1. The first-order chi connectivity index (χ1) is 15.3. The topological polar surface area (TPSA) is 93.8 Å². The average Bonchev–Trinajstić information content (AvgIpc) is 2.74. The number of nitro benzene ring substituents is 1. The predicted molar refractivity (Wildman–Crippen MR) is 135 cm³/mol. The monoisotopic (exact) mass is 659 g/mol. The Balaban J connectivity index is 1.62. The van der Waals surface area contributed by atoms with Crippen LogP contribution in [0.15, 0.2) is 65.8 Å². The lowest BCUT2D eigenvalue weighted by Crippen LogP contribution is -2.20. The molecule has 10 heteroatoms. The number of hydrazone groups is 1. The highest BCUT2D eigenvalue weighted by molar-refractivity contribution is 14.1. The lowest BCUT2D eigenvalue weighted by molar-refractivity contribution is -0.385. The molecule has 0 aliphatic heterocycles. The summed E-state index contributed by atoms with van der Waals surface area (Å²) in [6.45, 7) is 0.105. The van der Waals surface area contributed by atoms with Crippen molar-refractivity contribution in [1.82, 2.24) is 5.43 Å². The molecule has 0 radical (unpaired) electrons. The van der Waals surface area contributed by atoms with Crippen molar-refractivity contribution in [2.75, 3.05) is 0 Å². The molecular weight excluding hydrogens is 643 g/mol. The van der Waals surface area contributed by atoms with Crippen molar-refractivity contribution in [2.24, 2.45) is 5.10 Å². The van der Waals surface area contributed by atoms with Crippen LogP contribution in [0.5, 0.6) is 5.75 Å². The van der Waals surface area contributed by atoms with Gasteiger partial charge in [-0.2, -0.15) is 5.10 Å². The van der Waals surface area contributed by atoms with Crippen LogP contribution < -0.4 is 10.2 Å². The Morgan fingerprint density at radius 1 is 1.09 bits per heavy atom. The summed E-state index contributed by atoms with van der Waals surface area (Å²) in [5.74, 6) is -0.158. The molecule has 0 fully saturated rings. The van der Waals surface area contributed by atoms with Crippen LogP contribution in [0, 0.1) is 23.1 Å². The van der Waals surface area contributed by atoms with Gasteiger partial charge in [-0.05, 0) is 68.9 Å². The van der Waals surface area contributed by atoms with E-state index in [-0.39, 0.29) is 24.5 Å². The van der Waals surface area contributed by atoms with E-state index in [9.17, 15) is 19.3 Å². The van der Waals surface area contributed by atoms with Gasteiger partial charge in [-0.15, -0.1) is 0 Å². The van der Waals surface area contributed by atoms with Gasteiger partial charge in [0, 0.05) is 17.2 Å². The first kappa shape index (κ1) is 24.0. The number of nitro groups is 1. The van der Waals surface area contributed by atoms with Crippen LogP contribution in [0.25, 0.3) is 0 Å². The Morgan fingerprint density at radius 2 is 1.72 bits per heavy atom. The van der Waals surface area contributed by atoms with Gasteiger partial charge in [-0.1, -0.05) is 36.4 Å². The number of benzene rings is 3. The van der Waals surface area contributed by atoms with Crippen LogP contribution in [0.2, 0.25) is 0 Å². The second kappa shape index (κ2) is 11.3. The Hall–Kier alpha value is -2.61. The molecule has 0 saturated carbocycles. The molecule has 0 aromatic heterocycles. The van der Waals surface area contributed by atoms with Gasteiger partial charge < -0.3 is 4.74 Å². The maximum Gasteiger partial charge on any atom is 0.273 e. The van der Waals surface area contributed by atoms with Gasteiger partial charge in [0.2, 0.25) is 5.91 Å². The fraction of sp³-hybridized carbons (Fsp3) is 0.0909. The van der Waals surface area contributed by atoms with Crippen molar-refractivity contribution in [2.45, 2.75) is 13.0 Å². The molecule has 0 aliphatic rings. The van der Waals surface area contributed by atoms with E-state index in [0.29, 0.717) is 16.9 Å². The molecule has 7 nitrogen and oxygen atoms in total. The number of hydrogen-bond acceptors (Lipinski definition) is 5. The zero-order chi connectivity index (χ0) is 23.1. The summed E-state index contributed by atoms with van der Waals surface area (Å²) in [6, 6.07) is 16.1. The molecule has 3 aromatic rings. The average molecular weight is 659 g/mol. The highest BCUT2D eigenvalue weighted by atomic mass is 127. The van der Waals surface area contributed by atoms with Gasteiger partial charge in [0.15, 0.2) is 0 Å². The Labute approximate surface area is 210 Å². The molecule has 164 valence electrons. The Kier molecular flexibility index (Phi) is 8.50. The minimum atomic E-state index is -0.522. The van der Waals surface area contributed by atoms with Gasteiger partial charge in [-0.25, -0.2) is 9.82 Å². The molecule has 0 aliphatic carbocycles. The fourth-order valence-electron chi connectivity index (χ4n) is 2.79. The van der Waals surface area contributed by atoms with E-state index in [1.54, 1.807) is 30.3 Å². The number of halogens is 3. The highest BCUT2D eigenvalue weighted by Crippen LogP contribution is 2.29. The number of hydrogen-bond donors (Lipinski definition) is 1. The SMILES string of the molecule is O=C(Cc1ccccc1[N+](=O)[O-])N/N=C/c1cc(I)c(OCc2ccccc2F)c(I)c1. The number of rotatable bonds is 8. The third kappa shape index (κ3) is 6.45. The van der Waals surface area contributed by atoms with Crippen LogP contribution in [-0.2, 0) is 17.8 Å². The molecule has 0 bridgehead atoms. The first-order valence-corrected chi connectivity index (χ1v) is 11.4. The smallest absolute Gasteiger partial charge is 0.273 e. The van der Waals surface area contributed by atoms with Crippen LogP contribution in [0.4, 0.5) is 10.1 Å². The largest absolute Gasteiger partial charge is 0.487 e. The van der Waals surface area contributed by atoms with Gasteiger partial charge in [-0.3, -0.25) is 14.9 Å². The van der Waals surface area contributed by atoms with Crippen molar-refractivity contribution < 1.29 is 18.8 Å². The third-order valence-corrected chi connectivity index (χ3v) is 5.90. The van der Waals surface area contributed by atoms with E-state index in [1.807, 2.05) is 12.1 Å². The zero-order valence-corrected chi connectivity index (χ0v) is 20.7. The van der Waals surface area contributed by atoms with E-state index >= 15 is 0 Å². The Morgan fingerprint density at radius 3 is 2.38 bits per heavy atom. The number of carbonyl (C=O) groups excluding carboxylic acids is 1. The lowest BCUT2D eigenvalue weighted by atomic mass is 10.1. The van der Waals surface area contributed by atoms with Crippen LogP contribution in [0.3, 0.4) is 0 Å². The van der Waals surface area contributed by atoms with E-state index in [1.165, 1.54) is 24.4 Å². The minimum absolute atomic E-state index is 0.105. The number of carbonyl (C=O) groups is 1. The van der Waals surface area contributed by atoms with Crippen LogP contribution in [-0.4, -0.2) is 17.0 Å². The highest BCUT2D eigenvalue weighted by Gasteiger charge is 2.15. The lowest BCUT2D eigenvalue weighted by Gasteiger charge is -2.12. The second-order valence-electron chi connectivity index (χ2n) is 6.55. The fourth-order valence-corrected chi connectivity index (χ4v) is 4.91. The summed E-state index contributed by atoms with van der Waals surface area (Å²) in [6.07, 6.45) is 1.31. The van der Waals surface area contributed by atoms with Gasteiger partial charge in [0.25, 0.3) is 5.69 Å². The number of amides is 1. The number of ether oxygens (including phenoxy) is 1. The van der Waals surface area contributed by atoms with E-state index in [2.05, 4.69) is 55.7 Å². The maximum atomic E-state index is 13.8. The van der Waals surface area contributed by atoms with Crippen molar-refractivity contribution in [3.63, 3.8) is 0 Å². The van der Waals surface area contributed by atoms with Crippen molar-refractivity contribution in [1.29, 1.82) is 0 Å². The third-order valence-electron chi connectivity index (χ3n) is 4.29. The summed E-state index contributed by atoms with van der Waals surface area (Å²) >= 11 is 4.23. The van der Waals surface area contributed by atoms with Crippen LogP contribution in [0.1, 0.15) is 16.7 Å². The second-order valence-corrected chi connectivity index (χ2v) is 8.87. The molecular formula is C22H16FI2N3O4. The van der Waals surface area contributed by atoms with Crippen molar-refractivity contribution in [3.05, 3.63) is 100 Å². The molecule has 0 spiro atoms. The Bertz CT molecular complexity index is 1160. The number of para-hydroxylation sites is 1. The first-order valence-electron chi connectivity index (χ1n) is 9.24. The van der Waals surface area contributed by atoms with Crippen molar-refractivity contribution >= 4 is 63.0 Å². The van der Waals surface area contributed by atoms with Gasteiger partial charge >= 0.3 is 0 Å². The molecule has 1 N–H and O–H groups in total. The summed E-state index contributed by atoms with van der Waals surface area (Å²) in [5.41, 5.74) is 3.77. The normalized spacial score (nSPS) is 10.8. The molecule has 0 saturated heterocycles. The maximum absolute atomic E-state index is 13.8. The summed E-state index contributed by atoms with van der Waals surface area (Å²) < 4.78 is 21.2. The van der Waals surface area contributed by atoms with Crippen LogP contribution >= 0.6 is 45.2 Å². The van der Waals surface area contributed by atoms with E-state index in [0.717, 1.165) is 12.7 Å².